The number of carbonyl (C=O) groups excluding carboxylic acids is 1. The highest BCUT2D eigenvalue weighted by atomic mass is 35.5. The molecule has 3 aromatic rings. The van der Waals surface area contributed by atoms with Crippen LogP contribution in [0.5, 0.6) is 0 Å². The second-order valence-electron chi connectivity index (χ2n) is 7.14. The van der Waals surface area contributed by atoms with Gasteiger partial charge < -0.3 is 5.32 Å². The molecule has 0 amide bonds. The Balaban J connectivity index is 1.59. The van der Waals surface area contributed by atoms with Crippen LogP contribution in [0.2, 0.25) is 10.2 Å². The Hall–Kier alpha value is -2.28. The van der Waals surface area contributed by atoms with E-state index in [1.54, 1.807) is 16.8 Å². The van der Waals surface area contributed by atoms with Gasteiger partial charge in [-0.05, 0) is 62.7 Å². The van der Waals surface area contributed by atoms with Crippen LogP contribution in [0.3, 0.4) is 0 Å². The number of nitrogens with zero attached hydrogens (tertiary/aromatic N) is 4. The number of aryl methyl sites for hydroxylation is 1. The normalized spacial score (nSPS) is 14.8. The van der Waals surface area contributed by atoms with Gasteiger partial charge in [-0.2, -0.15) is 5.10 Å². The summed E-state index contributed by atoms with van der Waals surface area (Å²) in [6, 6.07) is 13.0. The van der Waals surface area contributed by atoms with E-state index in [0.29, 0.717) is 34.6 Å². The summed E-state index contributed by atoms with van der Waals surface area (Å²) < 4.78 is 1.73. The molecule has 0 radical (unpaired) electrons. The van der Waals surface area contributed by atoms with Crippen molar-refractivity contribution in [3.05, 3.63) is 58.3 Å². The minimum Gasteiger partial charge on any atom is -0.317 e. The molecule has 1 saturated heterocycles. The van der Waals surface area contributed by atoms with Crippen molar-refractivity contribution in [2.45, 2.75) is 25.7 Å². The maximum Gasteiger partial charge on any atom is 0.176 e. The van der Waals surface area contributed by atoms with Crippen molar-refractivity contribution in [2.75, 3.05) is 13.1 Å². The first kappa shape index (κ1) is 20.0. The first-order chi connectivity index (χ1) is 14.1. The number of Topliss-reactive ketones (excluding diaryl/α,β-unsaturated/α-hetero) is 1. The fraction of sp³-hybridized carbons (Fsp3) is 0.333. The Bertz CT molecular complexity index is 916. The third-order valence-electron chi connectivity index (χ3n) is 5.16. The first-order valence-corrected chi connectivity index (χ1v) is 10.4. The third kappa shape index (κ3) is 4.83. The molecule has 6 nitrogen and oxygen atoms in total. The molecule has 1 N–H and O–H groups in total. The molecule has 0 unspecified atom stereocenters. The molecule has 0 aliphatic carbocycles. The molecule has 1 aliphatic heterocycles. The van der Waals surface area contributed by atoms with Crippen LogP contribution in [0, 0.1) is 5.92 Å². The maximum absolute atomic E-state index is 12.6. The van der Waals surface area contributed by atoms with Crippen LogP contribution in [0.25, 0.3) is 17.1 Å². The summed E-state index contributed by atoms with van der Waals surface area (Å²) in [6.07, 6.45) is 2.93. The van der Waals surface area contributed by atoms with Crippen LogP contribution in [0.1, 0.15) is 25.0 Å². The van der Waals surface area contributed by atoms with Gasteiger partial charge in [0.25, 0.3) is 0 Å². The highest BCUT2D eigenvalue weighted by molar-refractivity contribution is 6.30. The van der Waals surface area contributed by atoms with Gasteiger partial charge in [0.15, 0.2) is 11.0 Å². The minimum atomic E-state index is 0.163. The molecule has 1 aromatic carbocycles. The number of ketones is 1. The SMILES string of the molecule is O=C(CCc1cc(-c2ccc(Cl)cc2)n(-c2ccc(Cl)nn2)n1)C1CCNCC1. The van der Waals surface area contributed by atoms with E-state index in [1.807, 2.05) is 30.3 Å². The molecule has 29 heavy (non-hydrogen) atoms. The number of hydrogen-bond acceptors (Lipinski definition) is 5. The quantitative estimate of drug-likeness (QED) is 0.637. The summed E-state index contributed by atoms with van der Waals surface area (Å²) in [5.41, 5.74) is 2.66. The zero-order chi connectivity index (χ0) is 20.2. The Kier molecular flexibility index (Phi) is 6.23. The highest BCUT2D eigenvalue weighted by Gasteiger charge is 2.21. The van der Waals surface area contributed by atoms with Gasteiger partial charge in [-0.3, -0.25) is 4.79 Å². The average Bonchev–Trinajstić information content (AvgIpc) is 3.18. The van der Waals surface area contributed by atoms with Crippen molar-refractivity contribution >= 4 is 29.0 Å². The van der Waals surface area contributed by atoms with Gasteiger partial charge in [-0.15, -0.1) is 10.2 Å². The number of aromatic nitrogens is 4. The van der Waals surface area contributed by atoms with Crippen molar-refractivity contribution in [3.8, 4) is 17.1 Å². The topological polar surface area (TPSA) is 72.7 Å². The molecule has 0 atom stereocenters. The van der Waals surface area contributed by atoms with Gasteiger partial charge in [0, 0.05) is 22.9 Å². The van der Waals surface area contributed by atoms with Crippen molar-refractivity contribution < 1.29 is 4.79 Å². The summed E-state index contributed by atoms with van der Waals surface area (Å²) in [5, 5.41) is 17.1. The average molecular weight is 430 g/mol. The van der Waals surface area contributed by atoms with E-state index in [9.17, 15) is 4.79 Å². The Labute approximate surface area is 179 Å². The number of carbonyl (C=O) groups is 1. The molecule has 3 heterocycles. The third-order valence-corrected chi connectivity index (χ3v) is 5.61. The van der Waals surface area contributed by atoms with Crippen LogP contribution in [0.15, 0.2) is 42.5 Å². The number of rotatable bonds is 6. The number of hydrogen-bond donors (Lipinski definition) is 1. The van der Waals surface area contributed by atoms with Gasteiger partial charge in [-0.25, -0.2) is 4.68 Å². The van der Waals surface area contributed by atoms with E-state index in [-0.39, 0.29) is 5.92 Å². The summed E-state index contributed by atoms with van der Waals surface area (Å²) in [4.78, 5) is 12.6. The van der Waals surface area contributed by atoms with E-state index < -0.39 is 0 Å². The molecule has 0 saturated carbocycles. The first-order valence-electron chi connectivity index (χ1n) is 9.68. The van der Waals surface area contributed by atoms with Crippen LogP contribution in [0.4, 0.5) is 0 Å². The fourth-order valence-corrected chi connectivity index (χ4v) is 3.80. The molecule has 1 aliphatic rings. The van der Waals surface area contributed by atoms with Crippen molar-refractivity contribution in [1.82, 2.24) is 25.3 Å². The van der Waals surface area contributed by atoms with Gasteiger partial charge >= 0.3 is 0 Å². The summed E-state index contributed by atoms with van der Waals surface area (Å²) in [6.45, 7) is 1.84. The predicted octanol–water partition coefficient (Wildman–Crippen LogP) is 4.14. The number of nitrogens with one attached hydrogen (secondary N) is 1. The van der Waals surface area contributed by atoms with Crippen LogP contribution in [-0.2, 0) is 11.2 Å². The fourth-order valence-electron chi connectivity index (χ4n) is 3.57. The lowest BCUT2D eigenvalue weighted by Crippen LogP contribution is -2.31. The van der Waals surface area contributed by atoms with Crippen molar-refractivity contribution in [2.24, 2.45) is 5.92 Å². The smallest absolute Gasteiger partial charge is 0.176 e. The molecule has 150 valence electrons. The number of halogens is 2. The molecular formula is C21H21Cl2N5O. The Morgan fingerprint density at radius 2 is 1.83 bits per heavy atom. The molecule has 0 spiro atoms. The van der Waals surface area contributed by atoms with Crippen molar-refractivity contribution in [1.29, 1.82) is 0 Å². The second-order valence-corrected chi connectivity index (χ2v) is 7.97. The zero-order valence-electron chi connectivity index (χ0n) is 15.8. The van der Waals surface area contributed by atoms with E-state index in [0.717, 1.165) is 42.9 Å². The lowest BCUT2D eigenvalue weighted by molar-refractivity contribution is -0.123. The number of benzene rings is 1. The standard InChI is InChI=1S/C21H21Cl2N5O/c22-16-3-1-14(2-4-16)18-13-17(5-6-19(29)15-9-11-24-12-10-15)27-28(18)21-8-7-20(23)25-26-21/h1-4,7-8,13,15,24H,5-6,9-12H2. The van der Waals surface area contributed by atoms with Crippen LogP contribution >= 0.6 is 23.2 Å². The Morgan fingerprint density at radius 3 is 2.52 bits per heavy atom. The summed E-state index contributed by atoms with van der Waals surface area (Å²) >= 11 is 11.9. The van der Waals surface area contributed by atoms with E-state index in [1.165, 1.54) is 0 Å². The van der Waals surface area contributed by atoms with Crippen molar-refractivity contribution in [3.63, 3.8) is 0 Å². The van der Waals surface area contributed by atoms with Gasteiger partial charge in [-0.1, -0.05) is 35.3 Å². The van der Waals surface area contributed by atoms with E-state index in [2.05, 4.69) is 15.5 Å². The predicted molar refractivity (Wildman–Crippen MR) is 114 cm³/mol. The number of piperidine rings is 1. The maximum atomic E-state index is 12.6. The van der Waals surface area contributed by atoms with Crippen LogP contribution < -0.4 is 5.32 Å². The van der Waals surface area contributed by atoms with E-state index in [4.69, 9.17) is 28.3 Å². The minimum absolute atomic E-state index is 0.163. The summed E-state index contributed by atoms with van der Waals surface area (Å²) in [7, 11) is 0. The highest BCUT2D eigenvalue weighted by Crippen LogP contribution is 2.26. The van der Waals surface area contributed by atoms with E-state index >= 15 is 0 Å². The lowest BCUT2D eigenvalue weighted by Gasteiger charge is -2.21. The van der Waals surface area contributed by atoms with Gasteiger partial charge in [0.2, 0.25) is 0 Å². The molecular weight excluding hydrogens is 409 g/mol. The second kappa shape index (κ2) is 9.03. The lowest BCUT2D eigenvalue weighted by atomic mass is 9.91. The summed E-state index contributed by atoms with van der Waals surface area (Å²) in [5.74, 6) is 1.05. The molecule has 1 fully saturated rings. The monoisotopic (exact) mass is 429 g/mol. The van der Waals surface area contributed by atoms with Gasteiger partial charge in [0.05, 0.1) is 11.4 Å². The molecule has 0 bridgehead atoms. The molecule has 8 heteroatoms. The largest absolute Gasteiger partial charge is 0.317 e. The zero-order valence-corrected chi connectivity index (χ0v) is 17.3. The molecule has 4 rings (SSSR count). The van der Waals surface area contributed by atoms with Gasteiger partial charge in [0.1, 0.15) is 5.78 Å². The Morgan fingerprint density at radius 1 is 1.07 bits per heavy atom. The molecule has 2 aromatic heterocycles. The van der Waals surface area contributed by atoms with Crippen LogP contribution in [-0.4, -0.2) is 38.9 Å².